The lowest BCUT2D eigenvalue weighted by atomic mass is 9.88. The van der Waals surface area contributed by atoms with Gasteiger partial charge in [-0.05, 0) is 24.5 Å². The summed E-state index contributed by atoms with van der Waals surface area (Å²) in [7, 11) is 1.78. The Bertz CT molecular complexity index is 818. The zero-order chi connectivity index (χ0) is 19.6. The van der Waals surface area contributed by atoms with Crippen LogP contribution in [0.1, 0.15) is 36.2 Å². The smallest absolute Gasteiger partial charge is 0.191 e. The van der Waals surface area contributed by atoms with Crippen LogP contribution in [0.3, 0.4) is 0 Å². The predicted molar refractivity (Wildman–Crippen MR) is 113 cm³/mol. The van der Waals surface area contributed by atoms with E-state index in [0.717, 1.165) is 31.3 Å². The van der Waals surface area contributed by atoms with Crippen molar-refractivity contribution in [3.8, 4) is 0 Å². The molecule has 0 saturated heterocycles. The molecule has 1 aromatic heterocycles. The van der Waals surface area contributed by atoms with E-state index >= 15 is 0 Å². The second kappa shape index (κ2) is 10.3. The molecule has 0 amide bonds. The van der Waals surface area contributed by atoms with Gasteiger partial charge in [0.15, 0.2) is 11.8 Å². The SMILES string of the molecule is CCn1cnnc1CNC(=NC)NCCC(c1ccccc1)c1ccccc1. The van der Waals surface area contributed by atoms with E-state index < -0.39 is 0 Å². The first-order chi connectivity index (χ1) is 13.8. The third-order valence-corrected chi connectivity index (χ3v) is 4.80. The third-order valence-electron chi connectivity index (χ3n) is 4.80. The van der Waals surface area contributed by atoms with Crippen molar-refractivity contribution >= 4 is 5.96 Å². The molecule has 1 heterocycles. The number of aromatic nitrogens is 3. The standard InChI is InChI=1S/C22H28N6/c1-3-28-17-26-27-21(28)16-25-22(23-2)24-15-14-20(18-10-6-4-7-11-18)19-12-8-5-9-13-19/h4-13,17,20H,3,14-16H2,1-2H3,(H2,23,24,25). The lowest BCUT2D eigenvalue weighted by Gasteiger charge is -2.19. The predicted octanol–water partition coefficient (Wildman–Crippen LogP) is 3.19. The molecule has 0 spiro atoms. The molecule has 6 heteroatoms. The fourth-order valence-corrected chi connectivity index (χ4v) is 3.29. The number of hydrogen-bond donors (Lipinski definition) is 2. The molecule has 2 N–H and O–H groups in total. The van der Waals surface area contributed by atoms with E-state index in [4.69, 9.17) is 0 Å². The van der Waals surface area contributed by atoms with Crippen LogP contribution in [-0.4, -0.2) is 34.3 Å². The van der Waals surface area contributed by atoms with Gasteiger partial charge >= 0.3 is 0 Å². The summed E-state index contributed by atoms with van der Waals surface area (Å²) >= 11 is 0. The lowest BCUT2D eigenvalue weighted by molar-refractivity contribution is 0.654. The number of hydrogen-bond acceptors (Lipinski definition) is 3. The molecule has 146 valence electrons. The van der Waals surface area contributed by atoms with Crippen molar-refractivity contribution in [2.45, 2.75) is 32.4 Å². The molecule has 3 rings (SSSR count). The number of aryl methyl sites for hydroxylation is 1. The first-order valence-corrected chi connectivity index (χ1v) is 9.73. The third kappa shape index (κ3) is 5.19. The summed E-state index contributed by atoms with van der Waals surface area (Å²) in [5, 5.41) is 14.8. The molecule has 6 nitrogen and oxygen atoms in total. The summed E-state index contributed by atoms with van der Waals surface area (Å²) in [5.41, 5.74) is 2.66. The topological polar surface area (TPSA) is 67.1 Å². The van der Waals surface area contributed by atoms with Crippen LogP contribution >= 0.6 is 0 Å². The van der Waals surface area contributed by atoms with Crippen LogP contribution in [-0.2, 0) is 13.1 Å². The number of nitrogens with zero attached hydrogens (tertiary/aromatic N) is 4. The first-order valence-electron chi connectivity index (χ1n) is 9.73. The van der Waals surface area contributed by atoms with Gasteiger partial charge in [0.25, 0.3) is 0 Å². The second-order valence-corrected chi connectivity index (χ2v) is 6.55. The molecule has 0 aliphatic heterocycles. The Balaban J connectivity index is 1.58. The van der Waals surface area contributed by atoms with E-state index in [9.17, 15) is 0 Å². The van der Waals surface area contributed by atoms with E-state index in [2.05, 4.69) is 93.4 Å². The summed E-state index contributed by atoms with van der Waals surface area (Å²) < 4.78 is 2.01. The number of benzene rings is 2. The summed E-state index contributed by atoms with van der Waals surface area (Å²) in [5.74, 6) is 2.01. The van der Waals surface area contributed by atoms with Crippen LogP contribution in [0.4, 0.5) is 0 Å². The Labute approximate surface area is 166 Å². The van der Waals surface area contributed by atoms with Crippen LogP contribution in [0.25, 0.3) is 0 Å². The van der Waals surface area contributed by atoms with Gasteiger partial charge < -0.3 is 15.2 Å². The first kappa shape index (κ1) is 19.6. The molecule has 0 bridgehead atoms. The minimum atomic E-state index is 0.344. The van der Waals surface area contributed by atoms with Gasteiger partial charge in [-0.2, -0.15) is 0 Å². The normalized spacial score (nSPS) is 11.6. The van der Waals surface area contributed by atoms with Gasteiger partial charge in [-0.3, -0.25) is 4.99 Å². The van der Waals surface area contributed by atoms with Gasteiger partial charge in [0.2, 0.25) is 0 Å². The minimum absolute atomic E-state index is 0.344. The molecule has 0 atom stereocenters. The number of nitrogens with one attached hydrogen (secondary N) is 2. The van der Waals surface area contributed by atoms with E-state index in [-0.39, 0.29) is 0 Å². The summed E-state index contributed by atoms with van der Waals surface area (Å²) in [6, 6.07) is 21.3. The Morgan fingerprint density at radius 2 is 1.64 bits per heavy atom. The highest BCUT2D eigenvalue weighted by atomic mass is 15.3. The van der Waals surface area contributed by atoms with Crippen molar-refractivity contribution < 1.29 is 0 Å². The molecular formula is C22H28N6. The van der Waals surface area contributed by atoms with Gasteiger partial charge in [-0.1, -0.05) is 60.7 Å². The zero-order valence-corrected chi connectivity index (χ0v) is 16.5. The Kier molecular flexibility index (Phi) is 7.18. The van der Waals surface area contributed by atoms with E-state index in [1.54, 1.807) is 13.4 Å². The number of aliphatic imine (C=N–C) groups is 1. The van der Waals surface area contributed by atoms with Crippen molar-refractivity contribution in [3.05, 3.63) is 83.9 Å². The lowest BCUT2D eigenvalue weighted by Crippen LogP contribution is -2.38. The summed E-state index contributed by atoms with van der Waals surface area (Å²) in [6.07, 6.45) is 2.72. The van der Waals surface area contributed by atoms with E-state index in [0.29, 0.717) is 12.5 Å². The van der Waals surface area contributed by atoms with Crippen molar-refractivity contribution in [2.24, 2.45) is 4.99 Å². The summed E-state index contributed by atoms with van der Waals surface area (Å²) in [6.45, 7) is 4.34. The largest absolute Gasteiger partial charge is 0.356 e. The average molecular weight is 377 g/mol. The molecule has 0 aliphatic carbocycles. The molecule has 0 radical (unpaired) electrons. The quantitative estimate of drug-likeness (QED) is 0.468. The van der Waals surface area contributed by atoms with Crippen LogP contribution in [0.2, 0.25) is 0 Å². The second-order valence-electron chi connectivity index (χ2n) is 6.55. The molecular weight excluding hydrogens is 348 g/mol. The molecule has 0 unspecified atom stereocenters. The van der Waals surface area contributed by atoms with Gasteiger partial charge in [-0.15, -0.1) is 10.2 Å². The number of guanidine groups is 1. The molecule has 0 aliphatic rings. The van der Waals surface area contributed by atoms with Gasteiger partial charge in [0.1, 0.15) is 6.33 Å². The van der Waals surface area contributed by atoms with Crippen LogP contribution in [0.15, 0.2) is 72.0 Å². The van der Waals surface area contributed by atoms with Crippen molar-refractivity contribution in [2.75, 3.05) is 13.6 Å². The maximum absolute atomic E-state index is 4.32. The Morgan fingerprint density at radius 3 is 2.21 bits per heavy atom. The fraction of sp³-hybridized carbons (Fsp3) is 0.318. The molecule has 0 saturated carbocycles. The van der Waals surface area contributed by atoms with Crippen molar-refractivity contribution in [1.29, 1.82) is 0 Å². The van der Waals surface area contributed by atoms with Crippen LogP contribution in [0.5, 0.6) is 0 Å². The highest BCUT2D eigenvalue weighted by molar-refractivity contribution is 5.79. The van der Waals surface area contributed by atoms with Crippen LogP contribution < -0.4 is 10.6 Å². The molecule has 2 aromatic carbocycles. The maximum Gasteiger partial charge on any atom is 0.191 e. The molecule has 28 heavy (non-hydrogen) atoms. The van der Waals surface area contributed by atoms with E-state index in [1.807, 2.05) is 4.57 Å². The highest BCUT2D eigenvalue weighted by Crippen LogP contribution is 2.27. The van der Waals surface area contributed by atoms with Crippen molar-refractivity contribution in [3.63, 3.8) is 0 Å². The molecule has 3 aromatic rings. The monoisotopic (exact) mass is 376 g/mol. The van der Waals surface area contributed by atoms with Crippen LogP contribution in [0, 0.1) is 0 Å². The highest BCUT2D eigenvalue weighted by Gasteiger charge is 2.14. The average Bonchev–Trinajstić information content (AvgIpc) is 3.22. The number of rotatable bonds is 8. The Morgan fingerprint density at radius 1 is 1.00 bits per heavy atom. The maximum atomic E-state index is 4.32. The molecule has 0 fully saturated rings. The zero-order valence-electron chi connectivity index (χ0n) is 16.5. The van der Waals surface area contributed by atoms with Gasteiger partial charge in [0, 0.05) is 26.1 Å². The van der Waals surface area contributed by atoms with E-state index in [1.165, 1.54) is 11.1 Å². The minimum Gasteiger partial charge on any atom is -0.356 e. The van der Waals surface area contributed by atoms with Crippen molar-refractivity contribution in [1.82, 2.24) is 25.4 Å². The fourth-order valence-electron chi connectivity index (χ4n) is 3.29. The Hall–Kier alpha value is -3.15. The summed E-state index contributed by atoms with van der Waals surface area (Å²) in [4.78, 5) is 4.32. The van der Waals surface area contributed by atoms with Gasteiger partial charge in [-0.25, -0.2) is 0 Å². The van der Waals surface area contributed by atoms with Gasteiger partial charge in [0.05, 0.1) is 6.54 Å².